The van der Waals surface area contributed by atoms with Gasteiger partial charge in [-0.25, -0.2) is 4.39 Å². The maximum absolute atomic E-state index is 13.7. The maximum Gasteiger partial charge on any atom is 0.147 e. The minimum atomic E-state index is -0.275. The normalized spacial score (nSPS) is 10.3. The van der Waals surface area contributed by atoms with E-state index in [0.29, 0.717) is 18.8 Å². The van der Waals surface area contributed by atoms with Crippen LogP contribution in [0, 0.1) is 5.82 Å². The molecule has 0 fully saturated rings. The van der Waals surface area contributed by atoms with Crippen LogP contribution in [0.5, 0.6) is 5.75 Å². The summed E-state index contributed by atoms with van der Waals surface area (Å²) in [4.78, 5) is 0. The smallest absolute Gasteiger partial charge is 0.147 e. The zero-order valence-corrected chi connectivity index (χ0v) is 12.2. The Labute approximate surface area is 120 Å². The zero-order chi connectivity index (χ0) is 13.7. The van der Waals surface area contributed by atoms with Crippen LogP contribution >= 0.6 is 15.9 Å². The summed E-state index contributed by atoms with van der Waals surface area (Å²) in [6.07, 6.45) is 0. The van der Waals surface area contributed by atoms with Crippen LogP contribution in [0.3, 0.4) is 0 Å². The molecule has 0 saturated carbocycles. The topological polar surface area (TPSA) is 21.3 Å². The first-order chi connectivity index (χ1) is 9.20. The number of ether oxygens (including phenoxy) is 1. The Kier molecular flexibility index (Phi) is 4.80. The van der Waals surface area contributed by atoms with Crippen LogP contribution < -0.4 is 10.1 Å². The van der Waals surface area contributed by atoms with E-state index >= 15 is 0 Å². The van der Waals surface area contributed by atoms with Crippen molar-refractivity contribution in [3.05, 3.63) is 58.3 Å². The van der Waals surface area contributed by atoms with Crippen molar-refractivity contribution in [1.29, 1.82) is 0 Å². The van der Waals surface area contributed by atoms with Crippen molar-refractivity contribution >= 4 is 21.6 Å². The van der Waals surface area contributed by atoms with Crippen molar-refractivity contribution in [1.82, 2.24) is 0 Å². The van der Waals surface area contributed by atoms with Gasteiger partial charge in [-0.05, 0) is 31.2 Å². The second-order valence-corrected chi connectivity index (χ2v) is 4.93. The molecule has 2 aromatic carbocycles. The molecular weight excluding hydrogens is 309 g/mol. The third kappa shape index (κ3) is 3.70. The molecule has 0 aliphatic rings. The summed E-state index contributed by atoms with van der Waals surface area (Å²) < 4.78 is 19.9. The first-order valence-corrected chi connectivity index (χ1v) is 6.89. The van der Waals surface area contributed by atoms with Gasteiger partial charge in [0.2, 0.25) is 0 Å². The highest BCUT2D eigenvalue weighted by molar-refractivity contribution is 9.10. The van der Waals surface area contributed by atoms with E-state index in [9.17, 15) is 4.39 Å². The van der Waals surface area contributed by atoms with E-state index in [-0.39, 0.29) is 5.82 Å². The molecule has 0 spiro atoms. The van der Waals surface area contributed by atoms with E-state index in [4.69, 9.17) is 4.74 Å². The van der Waals surface area contributed by atoms with Gasteiger partial charge >= 0.3 is 0 Å². The van der Waals surface area contributed by atoms with Gasteiger partial charge in [0.25, 0.3) is 0 Å². The van der Waals surface area contributed by atoms with Crippen LogP contribution in [0.4, 0.5) is 10.1 Å². The number of anilines is 1. The van der Waals surface area contributed by atoms with Crippen LogP contribution in [0.25, 0.3) is 0 Å². The van der Waals surface area contributed by atoms with Gasteiger partial charge in [-0.1, -0.05) is 34.1 Å². The van der Waals surface area contributed by atoms with Gasteiger partial charge in [0.05, 0.1) is 12.3 Å². The number of para-hydroxylation sites is 1. The summed E-state index contributed by atoms with van der Waals surface area (Å²) in [5.41, 5.74) is 1.49. The fourth-order valence-corrected chi connectivity index (χ4v) is 2.10. The molecule has 2 aromatic rings. The Morgan fingerprint density at radius 1 is 1.21 bits per heavy atom. The molecule has 19 heavy (non-hydrogen) atoms. The largest absolute Gasteiger partial charge is 0.494 e. The van der Waals surface area contributed by atoms with Gasteiger partial charge < -0.3 is 10.1 Å². The van der Waals surface area contributed by atoms with E-state index < -0.39 is 0 Å². The fourth-order valence-electron chi connectivity index (χ4n) is 1.77. The van der Waals surface area contributed by atoms with E-state index in [0.717, 1.165) is 15.8 Å². The molecule has 0 aliphatic heterocycles. The van der Waals surface area contributed by atoms with Crippen LogP contribution in [0.15, 0.2) is 46.9 Å². The zero-order valence-electron chi connectivity index (χ0n) is 10.6. The third-order valence-electron chi connectivity index (χ3n) is 2.67. The Hall–Kier alpha value is -1.55. The standard InChI is InChI=1S/C15H15BrFNO/c1-2-19-15-6-4-3-5-11(15)10-18-14-8-7-12(16)9-13(14)17/h3-9,18H,2,10H2,1H3. The van der Waals surface area contributed by atoms with Crippen molar-refractivity contribution in [3.63, 3.8) is 0 Å². The summed E-state index contributed by atoms with van der Waals surface area (Å²) in [6, 6.07) is 12.7. The summed E-state index contributed by atoms with van der Waals surface area (Å²) >= 11 is 3.24. The second kappa shape index (κ2) is 6.57. The SMILES string of the molecule is CCOc1ccccc1CNc1ccc(Br)cc1F. The number of rotatable bonds is 5. The molecule has 1 N–H and O–H groups in total. The quantitative estimate of drug-likeness (QED) is 0.868. The summed E-state index contributed by atoms with van der Waals surface area (Å²) in [7, 11) is 0. The molecule has 100 valence electrons. The monoisotopic (exact) mass is 323 g/mol. The highest BCUT2D eigenvalue weighted by Crippen LogP contribution is 2.22. The lowest BCUT2D eigenvalue weighted by Crippen LogP contribution is -2.04. The van der Waals surface area contributed by atoms with Crippen molar-refractivity contribution in [3.8, 4) is 5.75 Å². The molecule has 0 unspecified atom stereocenters. The minimum Gasteiger partial charge on any atom is -0.494 e. The highest BCUT2D eigenvalue weighted by atomic mass is 79.9. The average Bonchev–Trinajstić information content (AvgIpc) is 2.40. The first kappa shape index (κ1) is 13.9. The van der Waals surface area contributed by atoms with Crippen molar-refractivity contribution in [2.24, 2.45) is 0 Å². The molecule has 0 atom stereocenters. The summed E-state index contributed by atoms with van der Waals surface area (Å²) in [6.45, 7) is 3.08. The number of halogens is 2. The van der Waals surface area contributed by atoms with Crippen molar-refractivity contribution < 1.29 is 9.13 Å². The number of hydrogen-bond acceptors (Lipinski definition) is 2. The predicted molar refractivity (Wildman–Crippen MR) is 79.0 cm³/mol. The van der Waals surface area contributed by atoms with Gasteiger partial charge in [0.15, 0.2) is 0 Å². The molecule has 2 nitrogen and oxygen atoms in total. The van der Waals surface area contributed by atoms with Crippen LogP contribution in [0.1, 0.15) is 12.5 Å². The van der Waals surface area contributed by atoms with E-state index in [1.54, 1.807) is 12.1 Å². The predicted octanol–water partition coefficient (Wildman–Crippen LogP) is 4.60. The van der Waals surface area contributed by atoms with Gasteiger partial charge in [-0.15, -0.1) is 0 Å². The van der Waals surface area contributed by atoms with Crippen LogP contribution in [-0.4, -0.2) is 6.61 Å². The Bertz CT molecular complexity index is 560. The first-order valence-electron chi connectivity index (χ1n) is 6.10. The van der Waals surface area contributed by atoms with E-state index in [2.05, 4.69) is 21.2 Å². The molecule has 0 aliphatic carbocycles. The molecule has 2 rings (SSSR count). The van der Waals surface area contributed by atoms with Crippen LogP contribution in [0.2, 0.25) is 0 Å². The lowest BCUT2D eigenvalue weighted by atomic mass is 10.2. The highest BCUT2D eigenvalue weighted by Gasteiger charge is 2.05. The average molecular weight is 324 g/mol. The lowest BCUT2D eigenvalue weighted by Gasteiger charge is -2.12. The molecule has 0 saturated heterocycles. The molecular formula is C15H15BrFNO. The summed E-state index contributed by atoms with van der Waals surface area (Å²) in [5, 5.41) is 3.08. The Balaban J connectivity index is 2.10. The van der Waals surface area contributed by atoms with Gasteiger partial charge in [0.1, 0.15) is 11.6 Å². The Morgan fingerprint density at radius 3 is 2.74 bits per heavy atom. The fraction of sp³-hybridized carbons (Fsp3) is 0.200. The van der Waals surface area contributed by atoms with E-state index in [1.807, 2.05) is 31.2 Å². The lowest BCUT2D eigenvalue weighted by molar-refractivity contribution is 0.337. The van der Waals surface area contributed by atoms with Crippen molar-refractivity contribution in [2.75, 3.05) is 11.9 Å². The molecule has 0 radical (unpaired) electrons. The molecule has 4 heteroatoms. The molecule has 0 aromatic heterocycles. The molecule has 0 bridgehead atoms. The van der Waals surface area contributed by atoms with Crippen molar-refractivity contribution in [2.45, 2.75) is 13.5 Å². The Morgan fingerprint density at radius 2 is 2.00 bits per heavy atom. The van der Waals surface area contributed by atoms with Gasteiger partial charge in [-0.2, -0.15) is 0 Å². The van der Waals surface area contributed by atoms with Gasteiger partial charge in [0, 0.05) is 16.6 Å². The molecule has 0 amide bonds. The van der Waals surface area contributed by atoms with Crippen LogP contribution in [-0.2, 0) is 6.54 Å². The van der Waals surface area contributed by atoms with Gasteiger partial charge in [-0.3, -0.25) is 0 Å². The minimum absolute atomic E-state index is 0.275. The number of benzene rings is 2. The third-order valence-corrected chi connectivity index (χ3v) is 3.17. The maximum atomic E-state index is 13.7. The number of nitrogens with one attached hydrogen (secondary N) is 1. The number of hydrogen-bond donors (Lipinski definition) is 1. The summed E-state index contributed by atoms with van der Waals surface area (Å²) in [5.74, 6) is 0.554. The van der Waals surface area contributed by atoms with E-state index in [1.165, 1.54) is 6.07 Å². The second-order valence-electron chi connectivity index (χ2n) is 4.02. The molecule has 0 heterocycles.